The molecule has 1 amide bonds. The van der Waals surface area contributed by atoms with Gasteiger partial charge in [-0.05, 0) is 30.2 Å². The third kappa shape index (κ3) is 3.51. The van der Waals surface area contributed by atoms with Crippen LogP contribution in [0.1, 0.15) is 12.5 Å². The van der Waals surface area contributed by atoms with Crippen molar-refractivity contribution in [1.82, 2.24) is 4.98 Å². The van der Waals surface area contributed by atoms with Gasteiger partial charge >= 0.3 is 0 Å². The maximum atomic E-state index is 12.3. The van der Waals surface area contributed by atoms with Crippen molar-refractivity contribution < 1.29 is 4.79 Å². The van der Waals surface area contributed by atoms with Crippen molar-refractivity contribution >= 4 is 38.3 Å². The molecule has 0 saturated carbocycles. The Kier molecular flexibility index (Phi) is 4.57. The minimum atomic E-state index is -0.0346. The van der Waals surface area contributed by atoms with Crippen LogP contribution in [0.2, 0.25) is 0 Å². The Morgan fingerprint density at radius 1 is 1.17 bits per heavy atom. The molecule has 0 aliphatic rings. The van der Waals surface area contributed by atoms with E-state index in [4.69, 9.17) is 0 Å². The van der Waals surface area contributed by atoms with Crippen LogP contribution in [0.3, 0.4) is 0 Å². The third-order valence-corrected chi connectivity index (χ3v) is 4.81. The zero-order chi connectivity index (χ0) is 16.2. The fraction of sp³-hybridized carbons (Fsp3) is 0.222. The van der Waals surface area contributed by atoms with Gasteiger partial charge in [0, 0.05) is 12.7 Å². The Morgan fingerprint density at radius 2 is 1.91 bits per heavy atom. The molecule has 2 aromatic carbocycles. The predicted octanol–water partition coefficient (Wildman–Crippen LogP) is 3.93. The summed E-state index contributed by atoms with van der Waals surface area (Å²) in [5, 5.41) is 3.84. The molecule has 1 aromatic heterocycles. The van der Waals surface area contributed by atoms with Crippen LogP contribution in [0.25, 0.3) is 10.2 Å². The van der Waals surface area contributed by atoms with E-state index < -0.39 is 0 Å². The highest BCUT2D eigenvalue weighted by atomic mass is 32.1. The first-order chi connectivity index (χ1) is 11.2. The number of nitrogens with zero attached hydrogens (tertiary/aromatic N) is 2. The lowest BCUT2D eigenvalue weighted by molar-refractivity contribution is -0.114. The predicted molar refractivity (Wildman–Crippen MR) is 97.3 cm³/mol. The number of aryl methyl sites for hydroxylation is 1. The van der Waals surface area contributed by atoms with Crippen molar-refractivity contribution in [3.8, 4) is 0 Å². The highest BCUT2D eigenvalue weighted by Crippen LogP contribution is 2.27. The number of thiazole rings is 1. The van der Waals surface area contributed by atoms with Crippen molar-refractivity contribution in [2.45, 2.75) is 13.3 Å². The van der Waals surface area contributed by atoms with Crippen molar-refractivity contribution in [2.24, 2.45) is 0 Å². The SMILES string of the molecule is CCc1ccccc1NC(=O)CN(C)c1nc2ccccc2s1. The normalized spacial score (nSPS) is 10.7. The lowest BCUT2D eigenvalue weighted by atomic mass is 10.1. The smallest absolute Gasteiger partial charge is 0.243 e. The fourth-order valence-corrected chi connectivity index (χ4v) is 3.37. The average molecular weight is 325 g/mol. The van der Waals surface area contributed by atoms with Crippen LogP contribution in [-0.2, 0) is 11.2 Å². The average Bonchev–Trinajstić information content (AvgIpc) is 2.99. The second-order valence-corrected chi connectivity index (χ2v) is 6.39. The standard InChI is InChI=1S/C18H19N3OS/c1-3-13-8-4-5-9-14(13)19-17(22)12-21(2)18-20-15-10-6-7-11-16(15)23-18/h4-11H,3,12H2,1-2H3,(H,19,22). The summed E-state index contributed by atoms with van der Waals surface area (Å²) in [6, 6.07) is 15.9. The summed E-state index contributed by atoms with van der Waals surface area (Å²) in [6.45, 7) is 2.36. The molecule has 0 spiro atoms. The molecule has 0 radical (unpaired) electrons. The van der Waals surface area contributed by atoms with E-state index in [2.05, 4.69) is 17.2 Å². The molecular formula is C18H19N3OS. The number of carbonyl (C=O) groups is 1. The second-order valence-electron chi connectivity index (χ2n) is 5.38. The van der Waals surface area contributed by atoms with E-state index in [0.717, 1.165) is 33.0 Å². The van der Waals surface area contributed by atoms with Gasteiger partial charge in [-0.3, -0.25) is 4.79 Å². The number of hydrogen-bond acceptors (Lipinski definition) is 4. The monoisotopic (exact) mass is 325 g/mol. The zero-order valence-electron chi connectivity index (χ0n) is 13.2. The first-order valence-electron chi connectivity index (χ1n) is 7.62. The van der Waals surface area contributed by atoms with Crippen LogP contribution < -0.4 is 10.2 Å². The fourth-order valence-electron chi connectivity index (χ4n) is 2.45. The largest absolute Gasteiger partial charge is 0.342 e. The van der Waals surface area contributed by atoms with Crippen LogP contribution in [-0.4, -0.2) is 24.5 Å². The van der Waals surface area contributed by atoms with Gasteiger partial charge in [-0.25, -0.2) is 4.98 Å². The van der Waals surface area contributed by atoms with Gasteiger partial charge < -0.3 is 10.2 Å². The number of aromatic nitrogens is 1. The first-order valence-corrected chi connectivity index (χ1v) is 8.43. The Morgan fingerprint density at radius 3 is 2.70 bits per heavy atom. The second kappa shape index (κ2) is 6.79. The molecule has 118 valence electrons. The lowest BCUT2D eigenvalue weighted by Gasteiger charge is -2.16. The van der Waals surface area contributed by atoms with Gasteiger partial charge in [0.05, 0.1) is 16.8 Å². The lowest BCUT2D eigenvalue weighted by Crippen LogP contribution is -2.30. The summed E-state index contributed by atoms with van der Waals surface area (Å²) >= 11 is 1.60. The summed E-state index contributed by atoms with van der Waals surface area (Å²) in [4.78, 5) is 18.8. The van der Waals surface area contributed by atoms with E-state index in [9.17, 15) is 4.79 Å². The highest BCUT2D eigenvalue weighted by molar-refractivity contribution is 7.22. The number of amides is 1. The van der Waals surface area contributed by atoms with Gasteiger partial charge in [-0.1, -0.05) is 48.6 Å². The number of hydrogen-bond donors (Lipinski definition) is 1. The number of fused-ring (bicyclic) bond motifs is 1. The zero-order valence-corrected chi connectivity index (χ0v) is 14.1. The number of carbonyl (C=O) groups excluding carboxylic acids is 1. The number of rotatable bonds is 5. The van der Waals surface area contributed by atoms with Crippen molar-refractivity contribution in [3.05, 3.63) is 54.1 Å². The minimum Gasteiger partial charge on any atom is -0.342 e. The molecule has 0 aliphatic carbocycles. The molecule has 0 unspecified atom stereocenters. The van der Waals surface area contributed by atoms with Crippen LogP contribution in [0.15, 0.2) is 48.5 Å². The number of likely N-dealkylation sites (N-methyl/N-ethyl adjacent to an activating group) is 1. The molecule has 3 aromatic rings. The van der Waals surface area contributed by atoms with Crippen molar-refractivity contribution in [2.75, 3.05) is 23.8 Å². The van der Waals surface area contributed by atoms with Gasteiger partial charge in [0.2, 0.25) is 5.91 Å². The number of anilines is 2. The van der Waals surface area contributed by atoms with E-state index in [1.165, 1.54) is 0 Å². The van der Waals surface area contributed by atoms with Crippen LogP contribution in [0.5, 0.6) is 0 Å². The molecule has 0 atom stereocenters. The molecular weight excluding hydrogens is 306 g/mol. The maximum absolute atomic E-state index is 12.3. The minimum absolute atomic E-state index is 0.0346. The van der Waals surface area contributed by atoms with Crippen LogP contribution >= 0.6 is 11.3 Å². The van der Waals surface area contributed by atoms with Gasteiger partial charge in [0.15, 0.2) is 5.13 Å². The molecule has 4 nitrogen and oxygen atoms in total. The Balaban J connectivity index is 1.69. The molecule has 3 rings (SSSR count). The molecule has 0 saturated heterocycles. The summed E-state index contributed by atoms with van der Waals surface area (Å²) in [5.41, 5.74) is 3.00. The van der Waals surface area contributed by atoms with E-state index in [1.54, 1.807) is 11.3 Å². The Bertz CT molecular complexity index is 795. The van der Waals surface area contributed by atoms with Gasteiger partial charge in [-0.2, -0.15) is 0 Å². The summed E-state index contributed by atoms with van der Waals surface area (Å²) in [6.07, 6.45) is 0.893. The number of benzene rings is 2. The summed E-state index contributed by atoms with van der Waals surface area (Å²) in [5.74, 6) is -0.0346. The first kappa shape index (κ1) is 15.5. The van der Waals surface area contributed by atoms with Crippen molar-refractivity contribution in [1.29, 1.82) is 0 Å². The molecule has 0 bridgehead atoms. The molecule has 23 heavy (non-hydrogen) atoms. The summed E-state index contributed by atoms with van der Waals surface area (Å²) < 4.78 is 1.13. The van der Waals surface area contributed by atoms with E-state index >= 15 is 0 Å². The van der Waals surface area contributed by atoms with Crippen molar-refractivity contribution in [3.63, 3.8) is 0 Å². The van der Waals surface area contributed by atoms with E-state index in [1.807, 2.05) is 60.5 Å². The molecule has 5 heteroatoms. The van der Waals surface area contributed by atoms with E-state index in [0.29, 0.717) is 0 Å². The number of para-hydroxylation sites is 2. The quantitative estimate of drug-likeness (QED) is 0.773. The Hall–Kier alpha value is -2.40. The maximum Gasteiger partial charge on any atom is 0.243 e. The molecule has 1 N–H and O–H groups in total. The van der Waals surface area contributed by atoms with Gasteiger partial charge in [0.1, 0.15) is 0 Å². The van der Waals surface area contributed by atoms with Gasteiger partial charge in [0.25, 0.3) is 0 Å². The Labute approximate surface area is 139 Å². The highest BCUT2D eigenvalue weighted by Gasteiger charge is 2.13. The van der Waals surface area contributed by atoms with E-state index in [-0.39, 0.29) is 12.5 Å². The van der Waals surface area contributed by atoms with Crippen LogP contribution in [0.4, 0.5) is 10.8 Å². The van der Waals surface area contributed by atoms with Crippen LogP contribution in [0, 0.1) is 0 Å². The number of nitrogens with one attached hydrogen (secondary N) is 1. The topological polar surface area (TPSA) is 45.2 Å². The molecule has 0 aliphatic heterocycles. The third-order valence-electron chi connectivity index (χ3n) is 3.66. The molecule has 1 heterocycles. The molecule has 0 fully saturated rings. The van der Waals surface area contributed by atoms with Gasteiger partial charge in [-0.15, -0.1) is 0 Å². The summed E-state index contributed by atoms with van der Waals surface area (Å²) in [7, 11) is 1.89.